The van der Waals surface area contributed by atoms with Gasteiger partial charge < -0.3 is 4.90 Å². The van der Waals surface area contributed by atoms with Crippen LogP contribution in [0, 0.1) is 19.8 Å². The smallest absolute Gasteiger partial charge is 0.264 e. The summed E-state index contributed by atoms with van der Waals surface area (Å²) in [6, 6.07) is 18.1. The fraction of sp³-hybridized carbons (Fsp3) is 0.280. The largest absolute Gasteiger partial charge is 0.338 e. The average molecular weight is 404 g/mol. The summed E-state index contributed by atoms with van der Waals surface area (Å²) in [5.74, 6) is 0.284. The Morgan fingerprint density at radius 3 is 2.07 bits per heavy atom. The number of benzene rings is 2. The van der Waals surface area contributed by atoms with Crippen molar-refractivity contribution in [2.75, 3.05) is 13.1 Å². The molecule has 4 rings (SSSR count). The second-order valence-corrected chi connectivity index (χ2v) is 8.74. The van der Waals surface area contributed by atoms with Crippen LogP contribution in [0.15, 0.2) is 60.0 Å². The van der Waals surface area contributed by atoms with Gasteiger partial charge in [0, 0.05) is 30.1 Å². The molecule has 0 spiro atoms. The van der Waals surface area contributed by atoms with Crippen LogP contribution in [0.2, 0.25) is 0 Å². The summed E-state index contributed by atoms with van der Waals surface area (Å²) in [4.78, 5) is 28.6. The standard InChI is InChI=1S/C25H25NO2S/c1-17-3-7-19(8-4-17)22-13-16-29-24(22)25(28)26-14-11-21(12-15-26)23(27)20-9-5-18(2)6-10-20/h3-10,13,16,21H,11-12,14-15H2,1-2H3. The predicted molar refractivity (Wildman–Crippen MR) is 119 cm³/mol. The van der Waals surface area contributed by atoms with Gasteiger partial charge in [0.2, 0.25) is 0 Å². The number of likely N-dealkylation sites (tertiary alicyclic amines) is 1. The van der Waals surface area contributed by atoms with Crippen LogP contribution in [-0.2, 0) is 0 Å². The van der Waals surface area contributed by atoms with Crippen molar-refractivity contribution >= 4 is 23.0 Å². The van der Waals surface area contributed by atoms with Crippen molar-refractivity contribution < 1.29 is 9.59 Å². The Morgan fingerprint density at radius 2 is 1.45 bits per heavy atom. The van der Waals surface area contributed by atoms with Gasteiger partial charge in [-0.05, 0) is 43.7 Å². The van der Waals surface area contributed by atoms with E-state index in [1.165, 1.54) is 16.9 Å². The zero-order valence-electron chi connectivity index (χ0n) is 16.9. The first-order valence-electron chi connectivity index (χ1n) is 10.1. The maximum absolute atomic E-state index is 13.2. The molecule has 0 unspecified atom stereocenters. The predicted octanol–water partition coefficient (Wildman–Crippen LogP) is 5.77. The molecule has 0 N–H and O–H groups in total. The van der Waals surface area contributed by atoms with E-state index in [-0.39, 0.29) is 17.6 Å². The Balaban J connectivity index is 1.43. The van der Waals surface area contributed by atoms with Gasteiger partial charge in [-0.15, -0.1) is 11.3 Å². The van der Waals surface area contributed by atoms with E-state index in [2.05, 4.69) is 31.2 Å². The highest BCUT2D eigenvalue weighted by molar-refractivity contribution is 7.12. The summed E-state index contributed by atoms with van der Waals surface area (Å²) in [5, 5.41) is 1.98. The van der Waals surface area contributed by atoms with Gasteiger partial charge in [0.25, 0.3) is 5.91 Å². The normalized spacial score (nSPS) is 14.8. The SMILES string of the molecule is Cc1ccc(C(=O)C2CCN(C(=O)c3sccc3-c3ccc(C)cc3)CC2)cc1. The van der Waals surface area contributed by atoms with Crippen molar-refractivity contribution in [2.24, 2.45) is 5.92 Å². The van der Waals surface area contributed by atoms with Gasteiger partial charge in [0.05, 0.1) is 4.88 Å². The molecule has 0 bridgehead atoms. The summed E-state index contributed by atoms with van der Waals surface area (Å²) in [7, 11) is 0. The van der Waals surface area contributed by atoms with Gasteiger partial charge in [-0.1, -0.05) is 59.7 Å². The fourth-order valence-electron chi connectivity index (χ4n) is 3.88. The molecule has 3 aromatic rings. The lowest BCUT2D eigenvalue weighted by Gasteiger charge is -2.31. The van der Waals surface area contributed by atoms with Crippen molar-refractivity contribution in [2.45, 2.75) is 26.7 Å². The number of carbonyl (C=O) groups excluding carboxylic acids is 2. The fourth-order valence-corrected chi connectivity index (χ4v) is 4.76. The van der Waals surface area contributed by atoms with Crippen molar-refractivity contribution in [1.29, 1.82) is 0 Å². The Labute approximate surface area is 176 Å². The van der Waals surface area contributed by atoms with Crippen LogP contribution in [0.5, 0.6) is 0 Å². The minimum absolute atomic E-state index is 0.00154. The van der Waals surface area contributed by atoms with Crippen molar-refractivity contribution in [3.05, 3.63) is 81.5 Å². The molecule has 1 fully saturated rings. The van der Waals surface area contributed by atoms with Crippen LogP contribution in [0.1, 0.15) is 44.0 Å². The summed E-state index contributed by atoms with van der Waals surface area (Å²) >= 11 is 1.50. The number of rotatable bonds is 4. The summed E-state index contributed by atoms with van der Waals surface area (Å²) in [5.41, 5.74) is 5.21. The van der Waals surface area contributed by atoms with Gasteiger partial charge >= 0.3 is 0 Å². The van der Waals surface area contributed by atoms with Crippen molar-refractivity contribution in [3.63, 3.8) is 0 Å². The van der Waals surface area contributed by atoms with E-state index in [0.29, 0.717) is 13.1 Å². The average Bonchev–Trinajstić information content (AvgIpc) is 3.24. The third kappa shape index (κ3) is 4.18. The number of hydrogen-bond acceptors (Lipinski definition) is 3. The number of Topliss-reactive ketones (excluding diaryl/α,β-unsaturated/α-hetero) is 1. The molecule has 3 nitrogen and oxygen atoms in total. The molecular weight excluding hydrogens is 378 g/mol. The minimum atomic E-state index is 0.00154. The van der Waals surface area contributed by atoms with E-state index in [0.717, 1.165) is 40.0 Å². The Bertz CT molecular complexity index is 1010. The third-order valence-electron chi connectivity index (χ3n) is 5.71. The van der Waals surface area contributed by atoms with Gasteiger partial charge in [-0.25, -0.2) is 0 Å². The van der Waals surface area contributed by atoms with Crippen molar-refractivity contribution in [1.82, 2.24) is 4.90 Å². The van der Waals surface area contributed by atoms with E-state index in [9.17, 15) is 9.59 Å². The molecule has 1 aromatic heterocycles. The molecule has 0 saturated carbocycles. The number of ketones is 1. The van der Waals surface area contributed by atoms with Gasteiger partial charge in [-0.3, -0.25) is 9.59 Å². The summed E-state index contributed by atoms with van der Waals surface area (Å²) < 4.78 is 0. The summed E-state index contributed by atoms with van der Waals surface area (Å²) in [6.07, 6.45) is 1.45. The Kier molecular flexibility index (Phi) is 5.63. The zero-order valence-corrected chi connectivity index (χ0v) is 17.7. The van der Waals surface area contributed by atoms with Crippen LogP contribution >= 0.6 is 11.3 Å². The molecular formula is C25H25NO2S. The minimum Gasteiger partial charge on any atom is -0.338 e. The molecule has 0 aliphatic carbocycles. The van der Waals surface area contributed by atoms with E-state index < -0.39 is 0 Å². The number of amides is 1. The molecule has 0 radical (unpaired) electrons. The molecule has 1 amide bonds. The number of hydrogen-bond donors (Lipinski definition) is 0. The maximum atomic E-state index is 13.2. The van der Waals surface area contributed by atoms with Gasteiger partial charge in [0.15, 0.2) is 5.78 Å². The first-order chi connectivity index (χ1) is 14.0. The van der Waals surface area contributed by atoms with Crippen LogP contribution in [0.25, 0.3) is 11.1 Å². The number of carbonyl (C=O) groups is 2. The van der Waals surface area contributed by atoms with Gasteiger partial charge in [-0.2, -0.15) is 0 Å². The van der Waals surface area contributed by atoms with Crippen LogP contribution in [0.4, 0.5) is 0 Å². The molecule has 4 heteroatoms. The topological polar surface area (TPSA) is 37.4 Å². The van der Waals surface area contributed by atoms with Crippen LogP contribution < -0.4 is 0 Å². The Morgan fingerprint density at radius 1 is 0.862 bits per heavy atom. The number of thiophene rings is 1. The van der Waals surface area contributed by atoms with E-state index in [1.807, 2.05) is 47.5 Å². The van der Waals surface area contributed by atoms with Crippen LogP contribution in [0.3, 0.4) is 0 Å². The first kappa shape index (κ1) is 19.6. The molecule has 2 aromatic carbocycles. The number of aryl methyl sites for hydroxylation is 2. The lowest BCUT2D eigenvalue weighted by atomic mass is 9.88. The third-order valence-corrected chi connectivity index (χ3v) is 6.61. The van der Waals surface area contributed by atoms with E-state index in [1.54, 1.807) is 0 Å². The molecule has 148 valence electrons. The lowest BCUT2D eigenvalue weighted by Crippen LogP contribution is -2.40. The molecule has 1 aliphatic heterocycles. The molecule has 2 heterocycles. The molecule has 29 heavy (non-hydrogen) atoms. The lowest BCUT2D eigenvalue weighted by molar-refractivity contribution is 0.0655. The van der Waals surface area contributed by atoms with Crippen molar-refractivity contribution in [3.8, 4) is 11.1 Å². The molecule has 1 saturated heterocycles. The molecule has 0 atom stereocenters. The maximum Gasteiger partial charge on any atom is 0.264 e. The zero-order chi connectivity index (χ0) is 20.4. The number of nitrogens with zero attached hydrogens (tertiary/aromatic N) is 1. The monoisotopic (exact) mass is 403 g/mol. The second-order valence-electron chi connectivity index (χ2n) is 7.83. The van der Waals surface area contributed by atoms with Crippen LogP contribution in [-0.4, -0.2) is 29.7 Å². The number of piperidine rings is 1. The quantitative estimate of drug-likeness (QED) is 0.519. The summed E-state index contributed by atoms with van der Waals surface area (Å²) in [6.45, 7) is 5.35. The Hall–Kier alpha value is -2.72. The van der Waals surface area contributed by atoms with E-state index >= 15 is 0 Å². The highest BCUT2D eigenvalue weighted by Gasteiger charge is 2.29. The molecule has 1 aliphatic rings. The van der Waals surface area contributed by atoms with Gasteiger partial charge in [0.1, 0.15) is 0 Å². The highest BCUT2D eigenvalue weighted by Crippen LogP contribution is 2.31. The first-order valence-corrected chi connectivity index (χ1v) is 11.0. The van der Waals surface area contributed by atoms with E-state index in [4.69, 9.17) is 0 Å². The second kappa shape index (κ2) is 8.34. The highest BCUT2D eigenvalue weighted by atomic mass is 32.1.